The number of hydrogen-bond donors (Lipinski definition) is 2. The van der Waals surface area contributed by atoms with Gasteiger partial charge in [0.2, 0.25) is 0 Å². The van der Waals surface area contributed by atoms with Gasteiger partial charge >= 0.3 is 0 Å². The summed E-state index contributed by atoms with van der Waals surface area (Å²) in [5.74, 6) is 0.0885. The van der Waals surface area contributed by atoms with Crippen LogP contribution in [0.25, 0.3) is 0 Å². The lowest BCUT2D eigenvalue weighted by Gasteiger charge is -2.10. The third-order valence-electron chi connectivity index (χ3n) is 3.58. The highest BCUT2D eigenvalue weighted by Crippen LogP contribution is 2.27. The first-order chi connectivity index (χ1) is 12.7. The number of methoxy groups -OCH3 is 1. The molecule has 2 rings (SSSR count). The van der Waals surface area contributed by atoms with Gasteiger partial charge in [-0.15, -0.1) is 0 Å². The number of nitrogens with zero attached hydrogens (tertiary/aromatic N) is 1. The van der Waals surface area contributed by atoms with Crippen LogP contribution >= 0.6 is 0 Å². The smallest absolute Gasteiger partial charge is 0.276 e. The summed E-state index contributed by atoms with van der Waals surface area (Å²) in [6, 6.07) is 9.96. The van der Waals surface area contributed by atoms with Gasteiger partial charge in [0.1, 0.15) is 0 Å². The van der Waals surface area contributed by atoms with E-state index in [-0.39, 0.29) is 11.5 Å². The molecule has 0 saturated heterocycles. The zero-order chi connectivity index (χ0) is 20.0. The number of carbonyl (C=O) groups is 1. The third kappa shape index (κ3) is 5.45. The van der Waals surface area contributed by atoms with Gasteiger partial charge in [-0.3, -0.25) is 4.79 Å². The van der Waals surface area contributed by atoms with Crippen LogP contribution in [0.4, 0.5) is 0 Å². The lowest BCUT2D eigenvalue weighted by molar-refractivity contribution is -0.119. The molecule has 0 fully saturated rings. The summed E-state index contributed by atoms with van der Waals surface area (Å²) in [7, 11) is -2.34. The fourth-order valence-electron chi connectivity index (χ4n) is 2.25. The number of hydrogen-bond acceptors (Lipinski definition) is 6. The molecule has 0 aliphatic carbocycles. The van der Waals surface area contributed by atoms with Crippen LogP contribution in [0.3, 0.4) is 0 Å². The number of primary amides is 1. The van der Waals surface area contributed by atoms with Gasteiger partial charge in [-0.25, -0.2) is 4.83 Å². The largest absolute Gasteiger partial charge is 0.493 e. The highest BCUT2D eigenvalue weighted by molar-refractivity contribution is 7.89. The molecule has 0 heterocycles. The van der Waals surface area contributed by atoms with Crippen LogP contribution in [0.1, 0.15) is 16.7 Å². The number of aryl methyl sites for hydroxylation is 2. The zero-order valence-electron chi connectivity index (χ0n) is 15.2. The molecule has 0 saturated carbocycles. The summed E-state index contributed by atoms with van der Waals surface area (Å²) in [5.41, 5.74) is 7.08. The van der Waals surface area contributed by atoms with Crippen molar-refractivity contribution >= 4 is 22.1 Å². The number of rotatable bonds is 8. The van der Waals surface area contributed by atoms with E-state index in [1.54, 1.807) is 37.3 Å². The van der Waals surface area contributed by atoms with Crippen molar-refractivity contribution in [2.75, 3.05) is 13.7 Å². The van der Waals surface area contributed by atoms with Crippen molar-refractivity contribution in [3.8, 4) is 11.5 Å². The predicted molar refractivity (Wildman–Crippen MR) is 102 cm³/mol. The summed E-state index contributed by atoms with van der Waals surface area (Å²) >= 11 is 0. The number of nitrogens with two attached hydrogens (primary N) is 1. The summed E-state index contributed by atoms with van der Waals surface area (Å²) in [6.07, 6.45) is 1.34. The molecule has 2 aromatic rings. The number of benzene rings is 2. The van der Waals surface area contributed by atoms with Gasteiger partial charge in [0, 0.05) is 0 Å². The molecule has 1 amide bonds. The molecule has 0 radical (unpaired) electrons. The topological polar surface area (TPSA) is 120 Å². The Labute approximate surface area is 158 Å². The van der Waals surface area contributed by atoms with E-state index in [9.17, 15) is 13.2 Å². The molecule has 0 aromatic heterocycles. The van der Waals surface area contributed by atoms with E-state index in [1.807, 2.05) is 13.0 Å². The molecular weight excluding hydrogens is 370 g/mol. The third-order valence-corrected chi connectivity index (χ3v) is 4.94. The molecule has 8 nitrogen and oxygen atoms in total. The molecule has 2 aromatic carbocycles. The van der Waals surface area contributed by atoms with Gasteiger partial charge in [0.15, 0.2) is 18.1 Å². The van der Waals surface area contributed by atoms with E-state index in [1.165, 1.54) is 13.3 Å². The molecule has 0 atom stereocenters. The molecule has 0 spiro atoms. The van der Waals surface area contributed by atoms with Gasteiger partial charge in [-0.1, -0.05) is 12.1 Å². The van der Waals surface area contributed by atoms with Crippen molar-refractivity contribution in [3.05, 3.63) is 53.1 Å². The number of carbonyl (C=O) groups excluding carboxylic acids is 1. The fourth-order valence-corrected chi connectivity index (χ4v) is 3.37. The quantitative estimate of drug-likeness (QED) is 0.522. The van der Waals surface area contributed by atoms with E-state index in [0.717, 1.165) is 5.56 Å². The second kappa shape index (κ2) is 8.54. The van der Waals surface area contributed by atoms with Crippen LogP contribution in [0, 0.1) is 13.8 Å². The van der Waals surface area contributed by atoms with Crippen molar-refractivity contribution in [1.82, 2.24) is 4.83 Å². The Morgan fingerprint density at radius 2 is 1.93 bits per heavy atom. The number of sulfonamides is 1. The Balaban J connectivity index is 2.15. The summed E-state index contributed by atoms with van der Waals surface area (Å²) < 4.78 is 35.2. The van der Waals surface area contributed by atoms with Crippen LogP contribution in [0.2, 0.25) is 0 Å². The van der Waals surface area contributed by atoms with Crippen molar-refractivity contribution in [3.63, 3.8) is 0 Å². The number of nitrogens with one attached hydrogen (secondary N) is 1. The Kier molecular flexibility index (Phi) is 6.40. The molecule has 3 N–H and O–H groups in total. The average Bonchev–Trinajstić information content (AvgIpc) is 2.62. The molecule has 0 bridgehead atoms. The van der Waals surface area contributed by atoms with E-state index in [2.05, 4.69) is 9.93 Å². The van der Waals surface area contributed by atoms with Gasteiger partial charge in [0.25, 0.3) is 15.9 Å². The van der Waals surface area contributed by atoms with Crippen LogP contribution in [0.5, 0.6) is 11.5 Å². The Morgan fingerprint density at radius 1 is 1.19 bits per heavy atom. The maximum atomic E-state index is 12.4. The van der Waals surface area contributed by atoms with E-state index in [0.29, 0.717) is 22.6 Å². The normalized spacial score (nSPS) is 11.4. The van der Waals surface area contributed by atoms with E-state index < -0.39 is 15.9 Å². The van der Waals surface area contributed by atoms with Crippen LogP contribution < -0.4 is 20.0 Å². The second-order valence-corrected chi connectivity index (χ2v) is 7.42. The first-order valence-corrected chi connectivity index (χ1v) is 9.42. The monoisotopic (exact) mass is 391 g/mol. The van der Waals surface area contributed by atoms with Crippen molar-refractivity contribution in [1.29, 1.82) is 0 Å². The molecule has 0 aliphatic heterocycles. The zero-order valence-corrected chi connectivity index (χ0v) is 16.0. The lowest BCUT2D eigenvalue weighted by atomic mass is 10.2. The number of hydrazone groups is 1. The maximum absolute atomic E-state index is 12.4. The van der Waals surface area contributed by atoms with Gasteiger partial charge < -0.3 is 15.2 Å². The highest BCUT2D eigenvalue weighted by Gasteiger charge is 2.15. The molecule has 9 heteroatoms. The molecule has 144 valence electrons. The molecule has 0 unspecified atom stereocenters. The molecule has 0 aliphatic rings. The Bertz CT molecular complexity index is 971. The standard InChI is InChI=1S/C18H21N3O5S/c1-12-4-5-13(2)17(8-12)27(23,24)21-20-10-14-6-7-15(16(9-14)25-3)26-11-18(19)22/h4-10,21H,11H2,1-3H3,(H2,19,22)/b20-10-. The van der Waals surface area contributed by atoms with Crippen LogP contribution in [-0.2, 0) is 14.8 Å². The lowest BCUT2D eigenvalue weighted by Crippen LogP contribution is -2.20. The predicted octanol–water partition coefficient (Wildman–Crippen LogP) is 1.49. The van der Waals surface area contributed by atoms with Crippen molar-refractivity contribution in [2.24, 2.45) is 10.8 Å². The minimum absolute atomic E-state index is 0.174. The summed E-state index contributed by atoms with van der Waals surface area (Å²) in [4.78, 5) is 13.2. The first-order valence-electron chi connectivity index (χ1n) is 7.94. The second-order valence-electron chi connectivity index (χ2n) is 5.79. The molecule has 27 heavy (non-hydrogen) atoms. The highest BCUT2D eigenvalue weighted by atomic mass is 32.2. The number of amides is 1. The van der Waals surface area contributed by atoms with E-state index >= 15 is 0 Å². The SMILES string of the molecule is COc1cc(/C=N\NS(=O)(=O)c2cc(C)ccc2C)ccc1OCC(N)=O. The summed E-state index contributed by atoms with van der Waals surface area (Å²) in [5, 5.41) is 3.81. The van der Waals surface area contributed by atoms with Gasteiger partial charge in [-0.05, 0) is 54.8 Å². The number of ether oxygens (including phenoxy) is 2. The van der Waals surface area contributed by atoms with Crippen molar-refractivity contribution < 1.29 is 22.7 Å². The maximum Gasteiger partial charge on any atom is 0.276 e. The minimum atomic E-state index is -3.78. The molecular formula is C18H21N3O5S. The van der Waals surface area contributed by atoms with Crippen molar-refractivity contribution in [2.45, 2.75) is 18.7 Å². The van der Waals surface area contributed by atoms with Gasteiger partial charge in [0.05, 0.1) is 18.2 Å². The summed E-state index contributed by atoms with van der Waals surface area (Å²) in [6.45, 7) is 3.25. The fraction of sp³-hybridized carbons (Fsp3) is 0.222. The van der Waals surface area contributed by atoms with Gasteiger partial charge in [-0.2, -0.15) is 13.5 Å². The first kappa shape index (κ1) is 20.2. The van der Waals surface area contributed by atoms with Crippen LogP contribution in [-0.4, -0.2) is 34.3 Å². The Hall–Kier alpha value is -3.07. The Morgan fingerprint density at radius 3 is 2.59 bits per heavy atom. The van der Waals surface area contributed by atoms with E-state index in [4.69, 9.17) is 15.2 Å². The van der Waals surface area contributed by atoms with Crippen LogP contribution in [0.15, 0.2) is 46.4 Å². The minimum Gasteiger partial charge on any atom is -0.493 e. The average molecular weight is 391 g/mol.